The Morgan fingerprint density at radius 2 is 1.81 bits per heavy atom. The Bertz CT molecular complexity index is 727. The summed E-state index contributed by atoms with van der Waals surface area (Å²) in [5.74, 6) is 0.350. The van der Waals surface area contributed by atoms with Crippen LogP contribution in [0, 0.1) is 0 Å². The Kier molecular flexibility index (Phi) is 6.47. The highest BCUT2D eigenvalue weighted by atomic mass is 32.2. The van der Waals surface area contributed by atoms with E-state index in [0.717, 1.165) is 17.0 Å². The standard InChI is InChI=1S/C17H25N3O5S/c1-4-25-16-7-5-15(6-8-16)20(26(3,23)24)14(2)17(22)19-11-9-18(13-21)10-12-19/h5-8,13-14H,4,9-12H2,1-3H3/t14-/m0/s1. The fourth-order valence-corrected chi connectivity index (χ4v) is 4.14. The average molecular weight is 383 g/mol. The third-order valence-electron chi connectivity index (χ3n) is 4.24. The van der Waals surface area contributed by atoms with Crippen molar-refractivity contribution in [2.24, 2.45) is 0 Å². The summed E-state index contributed by atoms with van der Waals surface area (Å²) in [7, 11) is -3.66. The van der Waals surface area contributed by atoms with Gasteiger partial charge >= 0.3 is 0 Å². The molecule has 0 bridgehead atoms. The fourth-order valence-electron chi connectivity index (χ4n) is 2.97. The zero-order valence-corrected chi connectivity index (χ0v) is 16.1. The second-order valence-corrected chi connectivity index (χ2v) is 7.99. The number of anilines is 1. The summed E-state index contributed by atoms with van der Waals surface area (Å²) in [4.78, 5) is 26.8. The fraction of sp³-hybridized carbons (Fsp3) is 0.529. The van der Waals surface area contributed by atoms with Gasteiger partial charge in [0.1, 0.15) is 11.8 Å². The van der Waals surface area contributed by atoms with E-state index in [1.165, 1.54) is 0 Å². The number of carbonyl (C=O) groups excluding carboxylic acids is 2. The average Bonchev–Trinajstić information content (AvgIpc) is 2.62. The molecular weight excluding hydrogens is 358 g/mol. The molecule has 1 atom stereocenters. The monoisotopic (exact) mass is 383 g/mol. The first kappa shape index (κ1) is 20.0. The first-order valence-electron chi connectivity index (χ1n) is 8.48. The second kappa shape index (κ2) is 8.39. The van der Waals surface area contributed by atoms with Crippen molar-refractivity contribution in [3.8, 4) is 5.75 Å². The van der Waals surface area contributed by atoms with Gasteiger partial charge in [0.25, 0.3) is 0 Å². The van der Waals surface area contributed by atoms with Gasteiger partial charge in [0.2, 0.25) is 22.3 Å². The predicted octanol–water partition coefficient (Wildman–Crippen LogP) is 0.540. The van der Waals surface area contributed by atoms with E-state index < -0.39 is 16.1 Å². The quantitative estimate of drug-likeness (QED) is 0.642. The minimum atomic E-state index is -3.66. The lowest BCUT2D eigenvalue weighted by Gasteiger charge is -2.36. The number of hydrogen-bond acceptors (Lipinski definition) is 5. The largest absolute Gasteiger partial charge is 0.494 e. The maximum absolute atomic E-state index is 12.8. The molecule has 144 valence electrons. The molecule has 1 aliphatic rings. The van der Waals surface area contributed by atoms with Gasteiger partial charge in [0.05, 0.1) is 18.6 Å². The van der Waals surface area contributed by atoms with Crippen LogP contribution in [0.2, 0.25) is 0 Å². The van der Waals surface area contributed by atoms with E-state index in [0.29, 0.717) is 44.2 Å². The van der Waals surface area contributed by atoms with E-state index in [2.05, 4.69) is 0 Å². The summed E-state index contributed by atoms with van der Waals surface area (Å²) in [6.45, 7) is 5.63. The molecule has 1 aliphatic heterocycles. The number of benzene rings is 1. The molecule has 26 heavy (non-hydrogen) atoms. The van der Waals surface area contributed by atoms with Gasteiger partial charge in [-0.2, -0.15) is 0 Å². The van der Waals surface area contributed by atoms with E-state index in [1.807, 2.05) is 6.92 Å². The van der Waals surface area contributed by atoms with Gasteiger partial charge in [-0.05, 0) is 38.1 Å². The number of amides is 2. The Morgan fingerprint density at radius 1 is 1.23 bits per heavy atom. The second-order valence-electron chi connectivity index (χ2n) is 6.13. The number of nitrogens with zero attached hydrogens (tertiary/aromatic N) is 3. The van der Waals surface area contributed by atoms with Gasteiger partial charge in [-0.3, -0.25) is 13.9 Å². The number of piperazine rings is 1. The SMILES string of the molecule is CCOc1ccc(N([C@@H](C)C(=O)N2CCN(C=O)CC2)S(C)(=O)=O)cc1. The number of ether oxygens (including phenoxy) is 1. The van der Waals surface area contributed by atoms with Crippen molar-refractivity contribution < 1.29 is 22.7 Å². The third kappa shape index (κ3) is 4.66. The highest BCUT2D eigenvalue weighted by Crippen LogP contribution is 2.24. The molecule has 1 aromatic rings. The molecule has 1 saturated heterocycles. The van der Waals surface area contributed by atoms with Gasteiger partial charge in [-0.25, -0.2) is 8.42 Å². The van der Waals surface area contributed by atoms with Crippen LogP contribution in [0.15, 0.2) is 24.3 Å². The molecule has 9 heteroatoms. The van der Waals surface area contributed by atoms with Crippen molar-refractivity contribution in [1.29, 1.82) is 0 Å². The number of carbonyl (C=O) groups is 2. The summed E-state index contributed by atoms with van der Waals surface area (Å²) in [6.07, 6.45) is 1.84. The van der Waals surface area contributed by atoms with Crippen LogP contribution in [-0.4, -0.2) is 75.6 Å². The number of sulfonamides is 1. The van der Waals surface area contributed by atoms with Crippen molar-refractivity contribution in [1.82, 2.24) is 9.80 Å². The van der Waals surface area contributed by atoms with Crippen molar-refractivity contribution >= 4 is 28.0 Å². The van der Waals surface area contributed by atoms with Crippen LogP contribution >= 0.6 is 0 Å². The van der Waals surface area contributed by atoms with Crippen molar-refractivity contribution in [3.05, 3.63) is 24.3 Å². The third-order valence-corrected chi connectivity index (χ3v) is 5.49. The number of rotatable bonds is 7. The summed E-state index contributed by atoms with van der Waals surface area (Å²) in [5.41, 5.74) is 0.406. The van der Waals surface area contributed by atoms with E-state index >= 15 is 0 Å². The summed E-state index contributed by atoms with van der Waals surface area (Å²) in [6, 6.07) is 5.72. The van der Waals surface area contributed by atoms with Crippen molar-refractivity contribution in [3.63, 3.8) is 0 Å². The van der Waals surface area contributed by atoms with Gasteiger partial charge in [0.15, 0.2) is 0 Å². The molecule has 8 nitrogen and oxygen atoms in total. The molecule has 1 aromatic carbocycles. The molecule has 0 spiro atoms. The number of hydrogen-bond donors (Lipinski definition) is 0. The molecule has 0 saturated carbocycles. The topological polar surface area (TPSA) is 87.2 Å². The molecule has 1 fully saturated rings. The van der Waals surface area contributed by atoms with Crippen molar-refractivity contribution in [2.45, 2.75) is 19.9 Å². The Morgan fingerprint density at radius 3 is 2.27 bits per heavy atom. The predicted molar refractivity (Wildman–Crippen MR) is 98.6 cm³/mol. The molecule has 0 unspecified atom stereocenters. The van der Waals surface area contributed by atoms with E-state index in [4.69, 9.17) is 4.74 Å². The lowest BCUT2D eigenvalue weighted by Crippen LogP contribution is -2.55. The van der Waals surface area contributed by atoms with Crippen LogP contribution in [0.3, 0.4) is 0 Å². The van der Waals surface area contributed by atoms with Gasteiger partial charge in [0, 0.05) is 26.2 Å². The highest BCUT2D eigenvalue weighted by molar-refractivity contribution is 7.92. The van der Waals surface area contributed by atoms with Gasteiger partial charge in [-0.15, -0.1) is 0 Å². The molecule has 2 amide bonds. The zero-order chi connectivity index (χ0) is 19.3. The van der Waals surface area contributed by atoms with Gasteiger partial charge < -0.3 is 14.5 Å². The van der Waals surface area contributed by atoms with Crippen LogP contribution in [0.25, 0.3) is 0 Å². The summed E-state index contributed by atoms with van der Waals surface area (Å²) < 4.78 is 31.2. The Balaban J connectivity index is 2.21. The van der Waals surface area contributed by atoms with E-state index in [9.17, 15) is 18.0 Å². The first-order valence-corrected chi connectivity index (χ1v) is 10.3. The maximum Gasteiger partial charge on any atom is 0.246 e. The van der Waals surface area contributed by atoms with Crippen LogP contribution in [0.5, 0.6) is 5.75 Å². The van der Waals surface area contributed by atoms with E-state index in [1.54, 1.807) is 41.0 Å². The smallest absolute Gasteiger partial charge is 0.246 e. The lowest BCUT2D eigenvalue weighted by molar-refractivity contribution is -0.135. The minimum absolute atomic E-state index is 0.283. The molecule has 1 heterocycles. The van der Waals surface area contributed by atoms with Crippen LogP contribution in [0.1, 0.15) is 13.8 Å². The van der Waals surface area contributed by atoms with Crippen LogP contribution < -0.4 is 9.04 Å². The molecule has 2 rings (SSSR count). The summed E-state index contributed by atoms with van der Waals surface area (Å²) >= 11 is 0. The van der Waals surface area contributed by atoms with Crippen LogP contribution in [0.4, 0.5) is 5.69 Å². The lowest BCUT2D eigenvalue weighted by atomic mass is 10.2. The summed E-state index contributed by atoms with van der Waals surface area (Å²) in [5, 5.41) is 0. The normalized spacial score (nSPS) is 16.1. The van der Waals surface area contributed by atoms with Gasteiger partial charge in [-0.1, -0.05) is 0 Å². The molecule has 0 N–H and O–H groups in total. The first-order chi connectivity index (χ1) is 12.3. The molecular formula is C17H25N3O5S. The molecule has 0 aliphatic carbocycles. The maximum atomic E-state index is 12.8. The van der Waals surface area contributed by atoms with E-state index in [-0.39, 0.29) is 5.91 Å². The molecule has 0 radical (unpaired) electrons. The van der Waals surface area contributed by atoms with Crippen molar-refractivity contribution in [2.75, 3.05) is 43.3 Å². The molecule has 0 aromatic heterocycles. The Hall–Kier alpha value is -2.29. The highest BCUT2D eigenvalue weighted by Gasteiger charge is 2.33. The Labute approximate surface area is 154 Å². The van der Waals surface area contributed by atoms with Crippen LogP contribution in [-0.2, 0) is 19.6 Å². The minimum Gasteiger partial charge on any atom is -0.494 e. The zero-order valence-electron chi connectivity index (χ0n) is 15.3.